The first kappa shape index (κ1) is 18.7. The van der Waals surface area contributed by atoms with Crippen molar-refractivity contribution in [1.82, 2.24) is 4.90 Å². The van der Waals surface area contributed by atoms with Gasteiger partial charge in [0.1, 0.15) is 5.82 Å². The third-order valence-electron chi connectivity index (χ3n) is 3.75. The zero-order chi connectivity index (χ0) is 19.4. The molecule has 0 bridgehead atoms. The normalized spacial score (nSPS) is 12.3. The maximum atomic E-state index is 12.9. The molecule has 1 aliphatic rings. The van der Waals surface area contributed by atoms with Crippen molar-refractivity contribution in [3.8, 4) is 11.5 Å². The molecule has 6 nitrogen and oxygen atoms in total. The minimum atomic E-state index is -0.394. The van der Waals surface area contributed by atoms with E-state index in [4.69, 9.17) is 21.1 Å². The monoisotopic (exact) mass is 390 g/mol. The van der Waals surface area contributed by atoms with Gasteiger partial charge in [-0.1, -0.05) is 11.6 Å². The van der Waals surface area contributed by atoms with Crippen LogP contribution in [0.5, 0.6) is 11.5 Å². The van der Waals surface area contributed by atoms with Crippen LogP contribution in [0, 0.1) is 5.82 Å². The first-order valence-corrected chi connectivity index (χ1v) is 8.38. The molecule has 0 aromatic heterocycles. The number of benzene rings is 2. The van der Waals surface area contributed by atoms with Crippen molar-refractivity contribution in [1.29, 1.82) is 0 Å². The summed E-state index contributed by atoms with van der Waals surface area (Å²) in [5.41, 5.74) is 1.12. The van der Waals surface area contributed by atoms with Crippen LogP contribution < -0.4 is 14.8 Å². The summed E-state index contributed by atoms with van der Waals surface area (Å²) in [7, 11) is 1.50. The number of amides is 2. The third kappa shape index (κ3) is 4.77. The number of hydrogen-bond acceptors (Lipinski definition) is 4. The molecule has 8 heteroatoms. The molecule has 2 aromatic carbocycles. The second-order valence-corrected chi connectivity index (χ2v) is 6.23. The van der Waals surface area contributed by atoms with Gasteiger partial charge in [-0.25, -0.2) is 4.39 Å². The number of anilines is 1. The van der Waals surface area contributed by atoms with Gasteiger partial charge in [-0.2, -0.15) is 0 Å². The molecule has 1 heterocycles. The summed E-state index contributed by atoms with van der Waals surface area (Å²) < 4.78 is 23.4. The van der Waals surface area contributed by atoms with Crippen LogP contribution >= 0.6 is 11.6 Å². The highest BCUT2D eigenvalue weighted by atomic mass is 35.5. The number of nitrogens with one attached hydrogen (secondary N) is 1. The quantitative estimate of drug-likeness (QED) is 0.795. The first-order valence-electron chi connectivity index (χ1n) is 8.00. The Kier molecular flexibility index (Phi) is 5.61. The van der Waals surface area contributed by atoms with E-state index >= 15 is 0 Å². The van der Waals surface area contributed by atoms with E-state index in [0.29, 0.717) is 27.8 Å². The first-order chi connectivity index (χ1) is 12.9. The lowest BCUT2D eigenvalue weighted by Gasteiger charge is -2.14. The molecule has 2 aromatic rings. The predicted octanol–water partition coefficient (Wildman–Crippen LogP) is 3.32. The predicted molar refractivity (Wildman–Crippen MR) is 99.3 cm³/mol. The van der Waals surface area contributed by atoms with Crippen molar-refractivity contribution in [3.05, 3.63) is 58.9 Å². The fourth-order valence-corrected chi connectivity index (χ4v) is 2.68. The van der Waals surface area contributed by atoms with Crippen LogP contribution in [0.15, 0.2) is 42.5 Å². The van der Waals surface area contributed by atoms with Crippen molar-refractivity contribution in [2.75, 3.05) is 25.7 Å². The van der Waals surface area contributed by atoms with E-state index in [-0.39, 0.29) is 19.2 Å². The van der Waals surface area contributed by atoms with E-state index in [9.17, 15) is 14.0 Å². The van der Waals surface area contributed by atoms with Gasteiger partial charge in [0.25, 0.3) is 0 Å². The van der Waals surface area contributed by atoms with Gasteiger partial charge in [-0.05, 0) is 48.0 Å². The van der Waals surface area contributed by atoms with Crippen LogP contribution in [-0.2, 0) is 9.59 Å². The molecule has 2 amide bonds. The highest BCUT2D eigenvalue weighted by molar-refractivity contribution is 6.32. The molecule has 0 radical (unpaired) electrons. The van der Waals surface area contributed by atoms with Crippen molar-refractivity contribution in [2.45, 2.75) is 0 Å². The van der Waals surface area contributed by atoms with Crippen LogP contribution in [0.4, 0.5) is 10.1 Å². The molecule has 27 heavy (non-hydrogen) atoms. The van der Waals surface area contributed by atoms with Gasteiger partial charge in [0.2, 0.25) is 18.6 Å². The van der Waals surface area contributed by atoms with Gasteiger partial charge < -0.3 is 19.7 Å². The van der Waals surface area contributed by atoms with Crippen molar-refractivity contribution in [2.24, 2.45) is 0 Å². The number of fused-ring (bicyclic) bond motifs is 1. The van der Waals surface area contributed by atoms with Crippen LogP contribution in [0.1, 0.15) is 5.56 Å². The smallest absolute Gasteiger partial charge is 0.246 e. The SMILES string of the molecule is CN(CC(=O)Nc1ccc(F)cc1)C(=O)/C=C/c1cc(Cl)c2c(c1)OCO2. The summed E-state index contributed by atoms with van der Waals surface area (Å²) in [6, 6.07) is 8.73. The number of ether oxygens (including phenoxy) is 2. The lowest BCUT2D eigenvalue weighted by Crippen LogP contribution is -2.33. The number of likely N-dealkylation sites (N-methyl/N-ethyl adjacent to an activating group) is 1. The molecule has 0 aliphatic carbocycles. The van der Waals surface area contributed by atoms with Crippen LogP contribution in [0.25, 0.3) is 6.08 Å². The number of carbonyl (C=O) groups excluding carboxylic acids is 2. The molecule has 0 fully saturated rings. The molecule has 140 valence electrons. The van der Waals surface area contributed by atoms with E-state index in [1.54, 1.807) is 18.2 Å². The molecule has 1 aliphatic heterocycles. The van der Waals surface area contributed by atoms with Gasteiger partial charge in [-0.3, -0.25) is 9.59 Å². The zero-order valence-corrected chi connectivity index (χ0v) is 15.1. The van der Waals surface area contributed by atoms with Crippen molar-refractivity contribution < 1.29 is 23.5 Å². The maximum absolute atomic E-state index is 12.9. The van der Waals surface area contributed by atoms with Crippen LogP contribution in [0.3, 0.4) is 0 Å². The van der Waals surface area contributed by atoms with Gasteiger partial charge in [0, 0.05) is 18.8 Å². The highest BCUT2D eigenvalue weighted by Gasteiger charge is 2.18. The lowest BCUT2D eigenvalue weighted by atomic mass is 10.2. The van der Waals surface area contributed by atoms with Crippen LogP contribution in [-0.4, -0.2) is 37.1 Å². The fourth-order valence-electron chi connectivity index (χ4n) is 2.41. The Balaban J connectivity index is 1.57. The number of rotatable bonds is 5. The second-order valence-electron chi connectivity index (χ2n) is 5.82. The fraction of sp³-hybridized carbons (Fsp3) is 0.158. The standard InChI is InChI=1S/C19H16ClFN2O4/c1-23(10-17(24)22-14-5-3-13(21)4-6-14)18(25)7-2-12-8-15(20)19-16(9-12)26-11-27-19/h2-9H,10-11H2,1H3,(H,22,24)/b7-2+. The molecular weight excluding hydrogens is 375 g/mol. The average Bonchev–Trinajstić information content (AvgIpc) is 3.10. The number of carbonyl (C=O) groups is 2. The molecular formula is C19H16ClFN2O4. The lowest BCUT2D eigenvalue weighted by molar-refractivity contribution is -0.129. The van der Waals surface area contributed by atoms with E-state index in [2.05, 4.69) is 5.32 Å². The highest BCUT2D eigenvalue weighted by Crippen LogP contribution is 2.40. The van der Waals surface area contributed by atoms with Gasteiger partial charge >= 0.3 is 0 Å². The Bertz CT molecular complexity index is 899. The second kappa shape index (κ2) is 8.09. The largest absolute Gasteiger partial charge is 0.454 e. The maximum Gasteiger partial charge on any atom is 0.246 e. The minimum Gasteiger partial charge on any atom is -0.454 e. The Morgan fingerprint density at radius 2 is 2.00 bits per heavy atom. The molecule has 0 saturated heterocycles. The van der Waals surface area contributed by atoms with E-state index < -0.39 is 11.7 Å². The summed E-state index contributed by atoms with van der Waals surface area (Å²) >= 11 is 6.10. The van der Waals surface area contributed by atoms with E-state index in [1.807, 2.05) is 0 Å². The molecule has 0 saturated carbocycles. The Morgan fingerprint density at radius 3 is 2.74 bits per heavy atom. The average molecular weight is 391 g/mol. The third-order valence-corrected chi connectivity index (χ3v) is 4.03. The van der Waals surface area contributed by atoms with Gasteiger partial charge in [-0.15, -0.1) is 0 Å². The van der Waals surface area contributed by atoms with E-state index in [1.165, 1.54) is 42.3 Å². The zero-order valence-electron chi connectivity index (χ0n) is 14.4. The molecule has 3 rings (SSSR count). The summed E-state index contributed by atoms with van der Waals surface area (Å²) in [6.45, 7) is -0.0461. The summed E-state index contributed by atoms with van der Waals surface area (Å²) in [5.74, 6) is -0.152. The Morgan fingerprint density at radius 1 is 1.26 bits per heavy atom. The molecule has 1 N–H and O–H groups in total. The van der Waals surface area contributed by atoms with Crippen molar-refractivity contribution >= 4 is 35.2 Å². The number of halogens is 2. The molecule has 0 spiro atoms. The summed E-state index contributed by atoms with van der Waals surface area (Å²) in [5, 5.41) is 2.99. The molecule has 0 atom stereocenters. The van der Waals surface area contributed by atoms with Gasteiger partial charge in [0.15, 0.2) is 11.5 Å². The minimum absolute atomic E-state index is 0.104. The number of nitrogens with zero attached hydrogens (tertiary/aromatic N) is 1. The van der Waals surface area contributed by atoms with Crippen molar-refractivity contribution in [3.63, 3.8) is 0 Å². The molecule has 0 unspecified atom stereocenters. The summed E-state index contributed by atoms with van der Waals surface area (Å²) in [4.78, 5) is 25.4. The van der Waals surface area contributed by atoms with Crippen LogP contribution in [0.2, 0.25) is 5.02 Å². The topological polar surface area (TPSA) is 67.9 Å². The van der Waals surface area contributed by atoms with E-state index in [0.717, 1.165) is 0 Å². The summed E-state index contributed by atoms with van der Waals surface area (Å²) in [6.07, 6.45) is 2.91. The number of hydrogen-bond donors (Lipinski definition) is 1. The Hall–Kier alpha value is -3.06. The van der Waals surface area contributed by atoms with Gasteiger partial charge in [0.05, 0.1) is 11.6 Å². The Labute approximate surface area is 160 Å².